The molecule has 1 amide bonds. The van der Waals surface area contributed by atoms with Gasteiger partial charge in [-0.3, -0.25) is 19.7 Å². The molecule has 0 radical (unpaired) electrons. The van der Waals surface area contributed by atoms with E-state index in [0.717, 1.165) is 31.7 Å². The Hall–Kier alpha value is -2.44. The lowest BCUT2D eigenvalue weighted by atomic mass is 9.87. The van der Waals surface area contributed by atoms with Crippen LogP contribution in [0.5, 0.6) is 5.75 Å². The first-order valence-corrected chi connectivity index (χ1v) is 7.65. The van der Waals surface area contributed by atoms with Gasteiger partial charge in [-0.1, -0.05) is 6.92 Å². The minimum Gasteiger partial charge on any atom is -0.483 e. The van der Waals surface area contributed by atoms with Gasteiger partial charge in [0.25, 0.3) is 11.6 Å². The van der Waals surface area contributed by atoms with Crippen LogP contribution in [0.4, 0.5) is 5.69 Å². The van der Waals surface area contributed by atoms with Crippen LogP contribution in [-0.2, 0) is 4.79 Å². The molecule has 7 heteroatoms. The third-order valence-electron chi connectivity index (χ3n) is 4.07. The molecule has 1 saturated carbocycles. The lowest BCUT2D eigenvalue weighted by Crippen LogP contribution is -2.39. The average molecular weight is 320 g/mol. The molecule has 1 N–H and O–H groups in total. The maximum atomic E-state index is 11.9. The van der Waals surface area contributed by atoms with Crippen molar-refractivity contribution in [2.75, 3.05) is 6.61 Å². The summed E-state index contributed by atoms with van der Waals surface area (Å²) in [5.74, 6) is 0.618. The Morgan fingerprint density at radius 3 is 2.70 bits per heavy atom. The van der Waals surface area contributed by atoms with Crippen molar-refractivity contribution in [1.82, 2.24) is 5.32 Å². The average Bonchev–Trinajstić information content (AvgIpc) is 2.54. The summed E-state index contributed by atoms with van der Waals surface area (Å²) in [4.78, 5) is 33.0. The lowest BCUT2D eigenvalue weighted by molar-refractivity contribution is -0.384. The fourth-order valence-electron chi connectivity index (χ4n) is 2.69. The van der Waals surface area contributed by atoms with Gasteiger partial charge in [0, 0.05) is 18.2 Å². The van der Waals surface area contributed by atoms with E-state index >= 15 is 0 Å². The number of rotatable bonds is 6. The van der Waals surface area contributed by atoms with Crippen LogP contribution in [0.15, 0.2) is 18.2 Å². The second-order valence-corrected chi connectivity index (χ2v) is 5.91. The Kier molecular flexibility index (Phi) is 5.67. The molecule has 0 spiro atoms. The van der Waals surface area contributed by atoms with Gasteiger partial charge in [0.05, 0.1) is 10.5 Å². The van der Waals surface area contributed by atoms with Crippen LogP contribution >= 0.6 is 0 Å². The first-order chi connectivity index (χ1) is 11.0. The zero-order valence-electron chi connectivity index (χ0n) is 13.0. The maximum Gasteiger partial charge on any atom is 0.270 e. The molecule has 7 nitrogen and oxygen atoms in total. The SMILES string of the molecule is CC1CCC(NC(=O)COc2ccc([N+](=O)[O-])cc2C=O)CC1. The summed E-state index contributed by atoms with van der Waals surface area (Å²) in [6.07, 6.45) is 4.60. The van der Waals surface area contributed by atoms with E-state index in [1.165, 1.54) is 12.1 Å². The van der Waals surface area contributed by atoms with Crippen molar-refractivity contribution in [3.05, 3.63) is 33.9 Å². The smallest absolute Gasteiger partial charge is 0.270 e. The molecule has 124 valence electrons. The largest absolute Gasteiger partial charge is 0.483 e. The zero-order valence-corrected chi connectivity index (χ0v) is 13.0. The van der Waals surface area contributed by atoms with Crippen molar-refractivity contribution >= 4 is 17.9 Å². The number of ether oxygens (including phenoxy) is 1. The van der Waals surface area contributed by atoms with Crippen molar-refractivity contribution in [1.29, 1.82) is 0 Å². The molecular formula is C16H20N2O5. The number of non-ortho nitro benzene ring substituents is 1. The van der Waals surface area contributed by atoms with E-state index in [1.54, 1.807) is 0 Å². The monoisotopic (exact) mass is 320 g/mol. The molecule has 1 aliphatic rings. The second-order valence-electron chi connectivity index (χ2n) is 5.91. The third kappa shape index (κ3) is 4.77. The van der Waals surface area contributed by atoms with Gasteiger partial charge in [0.1, 0.15) is 5.75 Å². The Labute approximate surface area is 134 Å². The molecule has 0 unspecified atom stereocenters. The number of carbonyl (C=O) groups excluding carboxylic acids is 2. The molecule has 1 aromatic carbocycles. The number of hydrogen-bond acceptors (Lipinski definition) is 5. The number of benzene rings is 1. The van der Waals surface area contributed by atoms with Crippen LogP contribution in [0.1, 0.15) is 43.0 Å². The van der Waals surface area contributed by atoms with E-state index in [4.69, 9.17) is 4.74 Å². The third-order valence-corrected chi connectivity index (χ3v) is 4.07. The summed E-state index contributed by atoms with van der Waals surface area (Å²) >= 11 is 0. The van der Waals surface area contributed by atoms with Crippen LogP contribution in [0.25, 0.3) is 0 Å². The van der Waals surface area contributed by atoms with Crippen LogP contribution < -0.4 is 10.1 Å². The van der Waals surface area contributed by atoms with Gasteiger partial charge in [0.2, 0.25) is 0 Å². The number of nitro benzene ring substituents is 1. The van der Waals surface area contributed by atoms with E-state index in [-0.39, 0.29) is 35.6 Å². The fourth-order valence-corrected chi connectivity index (χ4v) is 2.69. The lowest BCUT2D eigenvalue weighted by Gasteiger charge is -2.26. The highest BCUT2D eigenvalue weighted by atomic mass is 16.6. The molecule has 1 aliphatic carbocycles. The van der Waals surface area contributed by atoms with E-state index in [1.807, 2.05) is 0 Å². The summed E-state index contributed by atoms with van der Waals surface area (Å²) in [5.41, 5.74) is -0.140. The quantitative estimate of drug-likeness (QED) is 0.493. The van der Waals surface area contributed by atoms with Crippen LogP contribution in [0, 0.1) is 16.0 Å². The summed E-state index contributed by atoms with van der Waals surface area (Å²) in [6.45, 7) is 1.99. The maximum absolute atomic E-state index is 11.9. The number of aldehydes is 1. The standard InChI is InChI=1S/C16H20N2O5/c1-11-2-4-13(5-3-11)17-16(20)10-23-15-7-6-14(18(21)22)8-12(15)9-19/h6-9,11,13H,2-5,10H2,1H3,(H,17,20). The van der Waals surface area contributed by atoms with Gasteiger partial charge in [-0.25, -0.2) is 0 Å². The van der Waals surface area contributed by atoms with E-state index in [2.05, 4.69) is 12.2 Å². The number of amides is 1. The van der Waals surface area contributed by atoms with E-state index in [0.29, 0.717) is 12.2 Å². The Morgan fingerprint density at radius 1 is 1.39 bits per heavy atom. The van der Waals surface area contributed by atoms with Gasteiger partial charge in [-0.15, -0.1) is 0 Å². The van der Waals surface area contributed by atoms with Crippen LogP contribution in [0.3, 0.4) is 0 Å². The second kappa shape index (κ2) is 7.71. The molecule has 1 aromatic rings. The fraction of sp³-hybridized carbons (Fsp3) is 0.500. The highest BCUT2D eigenvalue weighted by Crippen LogP contribution is 2.24. The molecule has 1 fully saturated rings. The summed E-state index contributed by atoms with van der Waals surface area (Å²) < 4.78 is 5.32. The predicted octanol–water partition coefficient (Wildman–Crippen LogP) is 2.48. The Balaban J connectivity index is 1.88. The first-order valence-electron chi connectivity index (χ1n) is 7.65. The molecule has 0 bridgehead atoms. The van der Waals surface area contributed by atoms with Crippen molar-refractivity contribution in [3.8, 4) is 5.75 Å². The summed E-state index contributed by atoms with van der Waals surface area (Å²) in [6, 6.07) is 3.87. The van der Waals surface area contributed by atoms with Gasteiger partial charge >= 0.3 is 0 Å². The molecular weight excluding hydrogens is 300 g/mol. The number of nitrogens with zero attached hydrogens (tertiary/aromatic N) is 1. The minimum absolute atomic E-state index is 0.0542. The van der Waals surface area contributed by atoms with Crippen LogP contribution in [0.2, 0.25) is 0 Å². The molecule has 0 atom stereocenters. The van der Waals surface area contributed by atoms with Gasteiger partial charge < -0.3 is 10.1 Å². The van der Waals surface area contributed by atoms with Crippen molar-refractivity contribution in [2.24, 2.45) is 5.92 Å². The van der Waals surface area contributed by atoms with Crippen molar-refractivity contribution in [3.63, 3.8) is 0 Å². The number of carbonyl (C=O) groups is 2. The molecule has 23 heavy (non-hydrogen) atoms. The zero-order chi connectivity index (χ0) is 16.8. The molecule has 2 rings (SSSR count). The number of nitro groups is 1. The minimum atomic E-state index is -0.590. The predicted molar refractivity (Wildman–Crippen MR) is 83.5 cm³/mol. The van der Waals surface area contributed by atoms with Crippen molar-refractivity contribution < 1.29 is 19.2 Å². The van der Waals surface area contributed by atoms with Crippen molar-refractivity contribution in [2.45, 2.75) is 38.6 Å². The highest BCUT2D eigenvalue weighted by Gasteiger charge is 2.20. The van der Waals surface area contributed by atoms with E-state index < -0.39 is 4.92 Å². The topological polar surface area (TPSA) is 98.5 Å². The molecule has 0 heterocycles. The van der Waals surface area contributed by atoms with Gasteiger partial charge in [-0.05, 0) is 37.7 Å². The Bertz CT molecular complexity index is 594. The molecule has 0 saturated heterocycles. The first kappa shape index (κ1) is 16.9. The normalized spacial score (nSPS) is 20.6. The molecule has 0 aromatic heterocycles. The summed E-state index contributed by atoms with van der Waals surface area (Å²) in [5, 5.41) is 13.6. The van der Waals surface area contributed by atoms with Gasteiger partial charge in [-0.2, -0.15) is 0 Å². The number of nitrogens with one attached hydrogen (secondary N) is 1. The summed E-state index contributed by atoms with van der Waals surface area (Å²) in [7, 11) is 0. The molecule has 0 aliphatic heterocycles. The Morgan fingerprint density at radius 2 is 2.09 bits per heavy atom. The number of hydrogen-bond donors (Lipinski definition) is 1. The van der Waals surface area contributed by atoms with Crippen LogP contribution in [-0.4, -0.2) is 29.8 Å². The highest BCUT2D eigenvalue weighted by molar-refractivity contribution is 5.82. The van der Waals surface area contributed by atoms with E-state index in [9.17, 15) is 19.7 Å². The van der Waals surface area contributed by atoms with Gasteiger partial charge in [0.15, 0.2) is 12.9 Å².